The highest BCUT2D eigenvalue weighted by Gasteiger charge is 2.46. The Morgan fingerprint density at radius 3 is 2.40 bits per heavy atom. The first kappa shape index (κ1) is 17.6. The average molecular weight is 346 g/mol. The molecule has 6 nitrogen and oxygen atoms in total. The lowest BCUT2D eigenvalue weighted by Gasteiger charge is -2.55. The number of hydrogen-bond donors (Lipinski definition) is 1. The fraction of sp³-hybridized carbons (Fsp3) is 0.579. The molecule has 1 amide bonds. The van der Waals surface area contributed by atoms with Crippen LogP contribution in [0.25, 0.3) is 0 Å². The Morgan fingerprint density at radius 2 is 1.88 bits per heavy atom. The Morgan fingerprint density at radius 1 is 1.24 bits per heavy atom. The van der Waals surface area contributed by atoms with Gasteiger partial charge in [0, 0.05) is 43.3 Å². The summed E-state index contributed by atoms with van der Waals surface area (Å²) in [6.45, 7) is 8.91. The zero-order valence-electron chi connectivity index (χ0n) is 15.1. The van der Waals surface area contributed by atoms with Crippen LogP contribution in [-0.2, 0) is 4.74 Å². The number of anilines is 1. The molecule has 3 rings (SSSR count). The van der Waals surface area contributed by atoms with Gasteiger partial charge < -0.3 is 19.6 Å². The summed E-state index contributed by atoms with van der Waals surface area (Å²) in [4.78, 5) is 26.9. The standard InChI is InChI=1S/C19H26N2O4/c1-18(2,3)25-17(24)20-8-6-19(7-9-20)12-21(13-19)15-5-4-14(11-22)16(23)10-15/h4-5,10-11,23H,6-9,12-13H2,1-3H3. The van der Waals surface area contributed by atoms with Gasteiger partial charge in [0.05, 0.1) is 5.56 Å². The molecule has 136 valence electrons. The molecule has 25 heavy (non-hydrogen) atoms. The normalized spacial score (nSPS) is 19.5. The van der Waals surface area contributed by atoms with Gasteiger partial charge in [0.1, 0.15) is 11.4 Å². The van der Waals surface area contributed by atoms with Crippen LogP contribution in [0.15, 0.2) is 18.2 Å². The maximum absolute atomic E-state index is 12.2. The fourth-order valence-electron chi connectivity index (χ4n) is 3.58. The summed E-state index contributed by atoms with van der Waals surface area (Å²) in [5, 5.41) is 9.83. The lowest BCUT2D eigenvalue weighted by molar-refractivity contribution is 0.00596. The smallest absolute Gasteiger partial charge is 0.410 e. The molecule has 0 atom stereocenters. The number of benzene rings is 1. The third kappa shape index (κ3) is 3.72. The third-order valence-corrected chi connectivity index (χ3v) is 5.03. The lowest BCUT2D eigenvalue weighted by atomic mass is 9.72. The summed E-state index contributed by atoms with van der Waals surface area (Å²) in [5.74, 6) is 0.0215. The average Bonchev–Trinajstić information content (AvgIpc) is 2.51. The number of likely N-dealkylation sites (tertiary alicyclic amines) is 1. The minimum absolute atomic E-state index is 0.0215. The van der Waals surface area contributed by atoms with E-state index in [9.17, 15) is 14.7 Å². The molecule has 2 aliphatic rings. The molecule has 0 unspecified atom stereocenters. The van der Waals surface area contributed by atoms with Crippen molar-refractivity contribution in [1.29, 1.82) is 0 Å². The Balaban J connectivity index is 1.54. The third-order valence-electron chi connectivity index (χ3n) is 5.03. The van der Waals surface area contributed by atoms with Crippen molar-refractivity contribution < 1.29 is 19.4 Å². The topological polar surface area (TPSA) is 70.1 Å². The number of piperidine rings is 1. The van der Waals surface area contributed by atoms with E-state index < -0.39 is 5.60 Å². The maximum Gasteiger partial charge on any atom is 0.410 e. The minimum atomic E-state index is -0.463. The van der Waals surface area contributed by atoms with Gasteiger partial charge in [-0.15, -0.1) is 0 Å². The van der Waals surface area contributed by atoms with E-state index in [1.807, 2.05) is 26.8 Å². The number of hydrogen-bond acceptors (Lipinski definition) is 5. The second-order valence-corrected chi connectivity index (χ2v) is 8.18. The molecule has 0 bridgehead atoms. The van der Waals surface area contributed by atoms with Gasteiger partial charge in [-0.05, 0) is 45.7 Å². The molecule has 2 aliphatic heterocycles. The van der Waals surface area contributed by atoms with Crippen LogP contribution < -0.4 is 4.90 Å². The molecule has 1 aromatic carbocycles. The summed E-state index contributed by atoms with van der Waals surface area (Å²) in [7, 11) is 0. The van der Waals surface area contributed by atoms with E-state index in [0.29, 0.717) is 11.8 Å². The molecular weight excluding hydrogens is 320 g/mol. The molecular formula is C19H26N2O4. The first-order chi connectivity index (χ1) is 11.7. The monoisotopic (exact) mass is 346 g/mol. The van der Waals surface area contributed by atoms with Crippen molar-refractivity contribution in [2.45, 2.75) is 39.2 Å². The van der Waals surface area contributed by atoms with Gasteiger partial charge in [0.15, 0.2) is 6.29 Å². The van der Waals surface area contributed by atoms with E-state index in [-0.39, 0.29) is 17.3 Å². The molecule has 0 radical (unpaired) electrons. The van der Waals surface area contributed by atoms with Crippen LogP contribution >= 0.6 is 0 Å². The molecule has 1 N–H and O–H groups in total. The quantitative estimate of drug-likeness (QED) is 0.834. The van der Waals surface area contributed by atoms with E-state index in [4.69, 9.17) is 4.74 Å². The van der Waals surface area contributed by atoms with Crippen LogP contribution in [0.2, 0.25) is 0 Å². The van der Waals surface area contributed by atoms with E-state index in [0.717, 1.165) is 44.7 Å². The first-order valence-electron chi connectivity index (χ1n) is 8.72. The summed E-state index contributed by atoms with van der Waals surface area (Å²) in [6, 6.07) is 5.16. The molecule has 0 aromatic heterocycles. The SMILES string of the molecule is CC(C)(C)OC(=O)N1CCC2(CC1)CN(c1ccc(C=O)c(O)c1)C2. The fourth-order valence-corrected chi connectivity index (χ4v) is 3.58. The molecule has 6 heteroatoms. The van der Waals surface area contributed by atoms with Crippen molar-refractivity contribution in [2.75, 3.05) is 31.1 Å². The Hall–Kier alpha value is -2.24. The predicted octanol–water partition coefficient (Wildman–Crippen LogP) is 3.04. The second kappa shape index (κ2) is 6.24. The Bertz CT molecular complexity index is 664. The van der Waals surface area contributed by atoms with Crippen LogP contribution in [-0.4, -0.2) is 54.2 Å². The number of carbonyl (C=O) groups is 2. The molecule has 1 spiro atoms. The summed E-state index contributed by atoms with van der Waals surface area (Å²) in [6.07, 6.45) is 2.35. The van der Waals surface area contributed by atoms with Crippen LogP contribution in [0.3, 0.4) is 0 Å². The molecule has 1 aromatic rings. The molecule has 2 heterocycles. The van der Waals surface area contributed by atoms with Crippen LogP contribution in [0.1, 0.15) is 44.0 Å². The molecule has 2 fully saturated rings. The molecule has 0 saturated carbocycles. The Labute approximate surface area is 148 Å². The number of nitrogens with zero attached hydrogens (tertiary/aromatic N) is 2. The van der Waals surface area contributed by atoms with Gasteiger partial charge in [-0.2, -0.15) is 0 Å². The Kier molecular flexibility index (Phi) is 4.39. The van der Waals surface area contributed by atoms with Crippen molar-refractivity contribution in [3.8, 4) is 5.75 Å². The molecule has 0 aliphatic carbocycles. The van der Waals surface area contributed by atoms with E-state index in [1.54, 1.807) is 17.0 Å². The summed E-state index contributed by atoms with van der Waals surface area (Å²) >= 11 is 0. The minimum Gasteiger partial charge on any atom is -0.507 e. The van der Waals surface area contributed by atoms with Gasteiger partial charge >= 0.3 is 6.09 Å². The second-order valence-electron chi connectivity index (χ2n) is 8.18. The van der Waals surface area contributed by atoms with Crippen molar-refractivity contribution in [2.24, 2.45) is 5.41 Å². The zero-order chi connectivity index (χ0) is 18.2. The van der Waals surface area contributed by atoms with E-state index in [2.05, 4.69) is 4.90 Å². The largest absolute Gasteiger partial charge is 0.507 e. The van der Waals surface area contributed by atoms with Crippen molar-refractivity contribution in [3.63, 3.8) is 0 Å². The number of carbonyl (C=O) groups excluding carboxylic acids is 2. The van der Waals surface area contributed by atoms with Crippen LogP contribution in [0, 0.1) is 5.41 Å². The molecule has 2 saturated heterocycles. The number of amides is 1. The van der Waals surface area contributed by atoms with Crippen molar-refractivity contribution in [3.05, 3.63) is 23.8 Å². The van der Waals surface area contributed by atoms with E-state index in [1.165, 1.54) is 0 Å². The number of ether oxygens (including phenoxy) is 1. The number of rotatable bonds is 2. The highest BCUT2D eigenvalue weighted by atomic mass is 16.6. The highest BCUT2D eigenvalue weighted by Crippen LogP contribution is 2.43. The summed E-state index contributed by atoms with van der Waals surface area (Å²) in [5.41, 5.74) is 1.01. The number of phenolic OH excluding ortho intramolecular Hbond substituents is 1. The number of phenols is 1. The lowest BCUT2D eigenvalue weighted by Crippen LogP contribution is -2.61. The van der Waals surface area contributed by atoms with Crippen molar-refractivity contribution in [1.82, 2.24) is 4.90 Å². The van der Waals surface area contributed by atoms with Crippen LogP contribution in [0.4, 0.5) is 10.5 Å². The number of aldehydes is 1. The van der Waals surface area contributed by atoms with Gasteiger partial charge in [0.2, 0.25) is 0 Å². The summed E-state index contributed by atoms with van der Waals surface area (Å²) < 4.78 is 5.44. The van der Waals surface area contributed by atoms with Gasteiger partial charge in [-0.3, -0.25) is 4.79 Å². The zero-order valence-corrected chi connectivity index (χ0v) is 15.1. The van der Waals surface area contributed by atoms with Gasteiger partial charge in [0.25, 0.3) is 0 Å². The highest BCUT2D eigenvalue weighted by molar-refractivity contribution is 5.80. The number of aromatic hydroxyl groups is 1. The van der Waals surface area contributed by atoms with Gasteiger partial charge in [-0.1, -0.05) is 0 Å². The van der Waals surface area contributed by atoms with Gasteiger partial charge in [-0.25, -0.2) is 4.79 Å². The van der Waals surface area contributed by atoms with Crippen molar-refractivity contribution >= 4 is 18.1 Å². The predicted molar refractivity (Wildman–Crippen MR) is 95.2 cm³/mol. The van der Waals surface area contributed by atoms with E-state index >= 15 is 0 Å². The maximum atomic E-state index is 12.2. The first-order valence-corrected chi connectivity index (χ1v) is 8.72. The van der Waals surface area contributed by atoms with Crippen LogP contribution in [0.5, 0.6) is 5.75 Å².